The number of halogens is 1. The van der Waals surface area contributed by atoms with E-state index in [0.717, 1.165) is 20.9 Å². The third-order valence-corrected chi connectivity index (χ3v) is 9.69. The van der Waals surface area contributed by atoms with Gasteiger partial charge in [-0.25, -0.2) is 26.4 Å². The van der Waals surface area contributed by atoms with Crippen molar-refractivity contribution in [1.82, 2.24) is 23.7 Å². The Hall–Kier alpha value is -5.29. The van der Waals surface area contributed by atoms with Crippen molar-refractivity contribution in [3.63, 3.8) is 0 Å². The number of fused-ring (bicyclic) bond motifs is 2. The number of nitrogens with one attached hydrogen (secondary N) is 1. The second-order valence-corrected chi connectivity index (χ2v) is 12.7. The Morgan fingerprint density at radius 1 is 1.05 bits per heavy atom. The van der Waals surface area contributed by atoms with Gasteiger partial charge >= 0.3 is 0 Å². The molecule has 1 aliphatic carbocycles. The van der Waals surface area contributed by atoms with Crippen molar-refractivity contribution < 1.29 is 17.6 Å². The molecule has 9 nitrogen and oxygen atoms in total. The van der Waals surface area contributed by atoms with E-state index in [9.17, 15) is 17.6 Å². The molecule has 1 unspecified atom stereocenters. The number of ketones is 1. The minimum Gasteiger partial charge on any atom is -0.383 e. The summed E-state index contributed by atoms with van der Waals surface area (Å²) in [5.74, 6) is -0.487. The van der Waals surface area contributed by atoms with Gasteiger partial charge in [0.25, 0.3) is 10.0 Å². The lowest BCUT2D eigenvalue weighted by molar-refractivity contribution is 0.103. The molecule has 6 aromatic rings. The number of aromatic amines is 1. The van der Waals surface area contributed by atoms with E-state index in [-0.39, 0.29) is 33.7 Å². The maximum atomic E-state index is 14.7. The molecule has 0 radical (unpaired) electrons. The van der Waals surface area contributed by atoms with Crippen molar-refractivity contribution in [2.45, 2.75) is 31.1 Å². The largest absolute Gasteiger partial charge is 0.383 e. The summed E-state index contributed by atoms with van der Waals surface area (Å²) in [5.41, 5.74) is 9.97. The van der Waals surface area contributed by atoms with Crippen molar-refractivity contribution in [3.8, 4) is 5.69 Å². The summed E-state index contributed by atoms with van der Waals surface area (Å²) in [7, 11) is -4.22. The van der Waals surface area contributed by atoms with Gasteiger partial charge in [0.05, 0.1) is 38.7 Å². The van der Waals surface area contributed by atoms with Crippen LogP contribution in [-0.4, -0.2) is 37.9 Å². The van der Waals surface area contributed by atoms with Gasteiger partial charge < -0.3 is 10.7 Å². The van der Waals surface area contributed by atoms with Gasteiger partial charge in [0.1, 0.15) is 23.2 Å². The molecule has 11 heteroatoms. The molecule has 0 fully saturated rings. The molecule has 7 rings (SSSR count). The SMILES string of the molecule is Cc1ccc(S(=O)(=O)n2c(C(=O)c3cnn(-c4ccc5[nH]c(C)nc5c4)c3N)cc3c2=CCC(c2ccccc2F)C=3)cc1. The molecule has 0 aliphatic heterocycles. The number of imidazole rings is 1. The number of aromatic nitrogens is 5. The van der Waals surface area contributed by atoms with Gasteiger partial charge in [0.15, 0.2) is 0 Å². The van der Waals surface area contributed by atoms with Gasteiger partial charge in [-0.15, -0.1) is 0 Å². The number of nitrogen functional groups attached to an aromatic ring is 1. The molecular formula is C33H27FN6O3S. The normalized spacial score (nSPS) is 14.7. The highest BCUT2D eigenvalue weighted by Gasteiger charge is 2.30. The molecule has 0 bridgehead atoms. The zero-order valence-corrected chi connectivity index (χ0v) is 24.6. The number of carbonyl (C=O) groups excluding carboxylic acids is 1. The smallest absolute Gasteiger partial charge is 0.268 e. The lowest BCUT2D eigenvalue weighted by atomic mass is 9.92. The summed E-state index contributed by atoms with van der Waals surface area (Å²) >= 11 is 0. The molecule has 0 spiro atoms. The van der Waals surface area contributed by atoms with Crippen LogP contribution in [0.15, 0.2) is 83.9 Å². The number of aryl methyl sites for hydroxylation is 2. The van der Waals surface area contributed by atoms with E-state index in [2.05, 4.69) is 15.1 Å². The van der Waals surface area contributed by atoms with Crippen LogP contribution in [0.5, 0.6) is 0 Å². The number of nitrogens with two attached hydrogens (primary N) is 1. The van der Waals surface area contributed by atoms with E-state index < -0.39 is 15.8 Å². The van der Waals surface area contributed by atoms with E-state index >= 15 is 0 Å². The molecule has 1 aliphatic rings. The maximum absolute atomic E-state index is 14.7. The van der Waals surface area contributed by atoms with Crippen LogP contribution < -0.4 is 16.3 Å². The van der Waals surface area contributed by atoms with E-state index in [1.54, 1.807) is 54.6 Å². The van der Waals surface area contributed by atoms with Gasteiger partial charge in [0.2, 0.25) is 5.78 Å². The van der Waals surface area contributed by atoms with Crippen molar-refractivity contribution >= 4 is 44.8 Å². The molecule has 3 aromatic carbocycles. The number of hydrogen-bond acceptors (Lipinski definition) is 6. The van der Waals surface area contributed by atoms with Crippen LogP contribution in [-0.2, 0) is 10.0 Å². The third kappa shape index (κ3) is 4.44. The first-order chi connectivity index (χ1) is 21.1. The zero-order valence-electron chi connectivity index (χ0n) is 23.8. The van der Waals surface area contributed by atoms with E-state index in [1.165, 1.54) is 35.1 Å². The molecule has 3 aromatic heterocycles. The minimum absolute atomic E-state index is 0.0337. The number of H-pyrrole nitrogens is 1. The predicted molar refractivity (Wildman–Crippen MR) is 166 cm³/mol. The summed E-state index contributed by atoms with van der Waals surface area (Å²) < 4.78 is 45.4. The fourth-order valence-electron chi connectivity index (χ4n) is 5.74. The third-order valence-electron chi connectivity index (χ3n) is 7.95. The minimum atomic E-state index is -4.22. The van der Waals surface area contributed by atoms with Gasteiger partial charge in [-0.3, -0.25) is 4.79 Å². The average molecular weight is 607 g/mol. The molecule has 3 N–H and O–H groups in total. The summed E-state index contributed by atoms with van der Waals surface area (Å²) in [6.07, 6.45) is 5.23. The molecule has 0 amide bonds. The summed E-state index contributed by atoms with van der Waals surface area (Å²) in [6.45, 7) is 3.71. The van der Waals surface area contributed by atoms with Crippen LogP contribution in [0.4, 0.5) is 10.2 Å². The van der Waals surface area contributed by atoms with Crippen molar-refractivity contribution in [2.24, 2.45) is 0 Å². The van der Waals surface area contributed by atoms with Crippen LogP contribution in [0, 0.1) is 19.7 Å². The first-order valence-corrected chi connectivity index (χ1v) is 15.4. The topological polar surface area (TPSA) is 129 Å². The fraction of sp³-hybridized carbons (Fsp3) is 0.121. The van der Waals surface area contributed by atoms with Crippen LogP contribution in [0.1, 0.15) is 45.3 Å². The number of nitrogens with zero attached hydrogens (tertiary/aromatic N) is 4. The Morgan fingerprint density at radius 3 is 2.59 bits per heavy atom. The Kier molecular flexibility index (Phi) is 6.36. The van der Waals surface area contributed by atoms with Crippen LogP contribution in [0.2, 0.25) is 0 Å². The highest BCUT2D eigenvalue weighted by Crippen LogP contribution is 2.28. The van der Waals surface area contributed by atoms with E-state index in [1.807, 2.05) is 19.9 Å². The fourth-order valence-corrected chi connectivity index (χ4v) is 7.26. The summed E-state index contributed by atoms with van der Waals surface area (Å²) in [6, 6.07) is 19.9. The Labute approximate surface area is 251 Å². The van der Waals surface area contributed by atoms with E-state index in [4.69, 9.17) is 5.73 Å². The predicted octanol–water partition coefficient (Wildman–Crippen LogP) is 4.10. The number of anilines is 1. The zero-order chi connectivity index (χ0) is 30.7. The molecular weight excluding hydrogens is 579 g/mol. The first kappa shape index (κ1) is 27.5. The summed E-state index contributed by atoms with van der Waals surface area (Å²) in [5, 5.41) is 5.21. The summed E-state index contributed by atoms with van der Waals surface area (Å²) in [4.78, 5) is 21.8. The second-order valence-electron chi connectivity index (χ2n) is 10.9. The molecule has 1 atom stereocenters. The quantitative estimate of drug-likeness (QED) is 0.275. The monoisotopic (exact) mass is 606 g/mol. The average Bonchev–Trinajstić information content (AvgIpc) is 3.70. The standard InChI is InChI=1S/C33H27FN6O3S/c1-19-7-11-24(12-8-19)44(42,43)40-30-14-9-21(25-5-3-4-6-27(25)34)15-22(30)16-31(40)32(41)26-18-36-39(33(26)35)23-10-13-28-29(17-23)38-20(2)37-28/h3-8,10-18,21H,9,35H2,1-2H3,(H,37,38). The number of carbonyl (C=O) groups is 1. The van der Waals surface area contributed by atoms with Crippen molar-refractivity contribution in [1.29, 1.82) is 0 Å². The van der Waals surface area contributed by atoms with Crippen molar-refractivity contribution in [2.75, 3.05) is 5.73 Å². The van der Waals surface area contributed by atoms with Crippen LogP contribution >= 0.6 is 0 Å². The Morgan fingerprint density at radius 2 is 1.82 bits per heavy atom. The van der Waals surface area contributed by atoms with Crippen LogP contribution in [0.25, 0.3) is 28.9 Å². The first-order valence-electron chi connectivity index (χ1n) is 14.0. The lowest BCUT2D eigenvalue weighted by Gasteiger charge is -2.15. The second kappa shape index (κ2) is 10.2. The lowest BCUT2D eigenvalue weighted by Crippen LogP contribution is -2.36. The van der Waals surface area contributed by atoms with Crippen molar-refractivity contribution in [3.05, 3.63) is 124 Å². The van der Waals surface area contributed by atoms with Crippen LogP contribution in [0.3, 0.4) is 0 Å². The molecule has 3 heterocycles. The molecule has 0 saturated carbocycles. The van der Waals surface area contributed by atoms with Gasteiger partial charge in [-0.05, 0) is 73.5 Å². The Balaban J connectivity index is 1.39. The van der Waals surface area contributed by atoms with Gasteiger partial charge in [0, 0.05) is 5.92 Å². The molecule has 220 valence electrons. The highest BCUT2D eigenvalue weighted by atomic mass is 32.2. The number of benzene rings is 3. The number of rotatable bonds is 6. The molecule has 0 saturated heterocycles. The van der Waals surface area contributed by atoms with Gasteiger partial charge in [-0.2, -0.15) is 5.10 Å². The molecule has 44 heavy (non-hydrogen) atoms. The Bertz CT molecular complexity index is 2350. The highest BCUT2D eigenvalue weighted by molar-refractivity contribution is 7.90. The number of hydrogen-bond donors (Lipinski definition) is 2. The van der Waals surface area contributed by atoms with Gasteiger partial charge in [-0.1, -0.05) is 48.0 Å². The maximum Gasteiger partial charge on any atom is 0.268 e. The van der Waals surface area contributed by atoms with E-state index in [0.29, 0.717) is 33.8 Å².